The molecule has 0 aliphatic heterocycles. The number of amides is 2. The number of para-hydroxylation sites is 2. The molecule has 0 fully saturated rings. The Balaban J connectivity index is 1.66. The molecule has 0 saturated carbocycles. The largest absolute Gasteiger partial charge is 0.281 e. The van der Waals surface area contributed by atoms with Crippen LogP contribution in [0, 0.1) is 0 Å². The van der Waals surface area contributed by atoms with Crippen LogP contribution in [0.15, 0.2) is 96.1 Å². The Labute approximate surface area is 183 Å². The van der Waals surface area contributed by atoms with E-state index in [1.165, 1.54) is 0 Å². The van der Waals surface area contributed by atoms with Gasteiger partial charge in [-0.25, -0.2) is 5.43 Å². The Kier molecular flexibility index (Phi) is 8.12. The standard InChI is InChI=1S/C26H27N3O2/c1-2-12-24(21-13-6-3-7-14-21)27-28-25(30)19-20-26(31)29(22-15-8-4-9-16-22)23-17-10-5-11-18-23/h3-11,13-18H,2,12,19-20H2,1H3,(H,28,30). The van der Waals surface area contributed by atoms with Crippen molar-refractivity contribution in [3.05, 3.63) is 96.6 Å². The smallest absolute Gasteiger partial charge is 0.240 e. The van der Waals surface area contributed by atoms with E-state index in [1.54, 1.807) is 4.90 Å². The molecule has 31 heavy (non-hydrogen) atoms. The van der Waals surface area contributed by atoms with E-state index < -0.39 is 0 Å². The molecule has 0 aliphatic rings. The summed E-state index contributed by atoms with van der Waals surface area (Å²) in [6.45, 7) is 2.07. The SMILES string of the molecule is CCCC(=NNC(=O)CCC(=O)N(c1ccccc1)c1ccccc1)c1ccccc1. The third-order valence-electron chi connectivity index (χ3n) is 4.75. The Morgan fingerprint density at radius 3 is 1.77 bits per heavy atom. The van der Waals surface area contributed by atoms with Gasteiger partial charge in [0.2, 0.25) is 11.8 Å². The second-order valence-electron chi connectivity index (χ2n) is 7.11. The molecule has 158 valence electrons. The number of benzene rings is 3. The van der Waals surface area contributed by atoms with Gasteiger partial charge in [-0.2, -0.15) is 5.10 Å². The third-order valence-corrected chi connectivity index (χ3v) is 4.75. The van der Waals surface area contributed by atoms with E-state index in [0.717, 1.165) is 35.5 Å². The van der Waals surface area contributed by atoms with Crippen LogP contribution in [-0.2, 0) is 9.59 Å². The summed E-state index contributed by atoms with van der Waals surface area (Å²) in [7, 11) is 0. The van der Waals surface area contributed by atoms with Gasteiger partial charge in [0.25, 0.3) is 0 Å². The summed E-state index contributed by atoms with van der Waals surface area (Å²) >= 11 is 0. The normalized spacial score (nSPS) is 11.1. The van der Waals surface area contributed by atoms with Crippen molar-refractivity contribution in [3.8, 4) is 0 Å². The van der Waals surface area contributed by atoms with Crippen molar-refractivity contribution in [3.63, 3.8) is 0 Å². The Bertz CT molecular complexity index is 963. The molecular formula is C26H27N3O2. The second-order valence-corrected chi connectivity index (χ2v) is 7.11. The number of rotatable bonds is 9. The number of nitrogens with zero attached hydrogens (tertiary/aromatic N) is 2. The summed E-state index contributed by atoms with van der Waals surface area (Å²) in [5.74, 6) is -0.424. The van der Waals surface area contributed by atoms with Crippen molar-refractivity contribution in [1.82, 2.24) is 5.43 Å². The van der Waals surface area contributed by atoms with Gasteiger partial charge in [-0.15, -0.1) is 0 Å². The Hall–Kier alpha value is -3.73. The molecule has 0 aromatic heterocycles. The topological polar surface area (TPSA) is 61.8 Å². The third kappa shape index (κ3) is 6.37. The molecule has 3 aromatic carbocycles. The highest BCUT2D eigenvalue weighted by atomic mass is 16.2. The minimum Gasteiger partial charge on any atom is -0.281 e. The molecule has 5 nitrogen and oxygen atoms in total. The minimum absolute atomic E-state index is 0.0622. The van der Waals surface area contributed by atoms with Gasteiger partial charge >= 0.3 is 0 Å². The maximum Gasteiger partial charge on any atom is 0.240 e. The monoisotopic (exact) mass is 413 g/mol. The van der Waals surface area contributed by atoms with Crippen molar-refractivity contribution in [2.75, 3.05) is 4.90 Å². The van der Waals surface area contributed by atoms with Crippen molar-refractivity contribution < 1.29 is 9.59 Å². The van der Waals surface area contributed by atoms with Gasteiger partial charge in [0, 0.05) is 24.2 Å². The van der Waals surface area contributed by atoms with E-state index in [2.05, 4.69) is 17.5 Å². The molecule has 3 rings (SSSR count). The molecule has 0 unspecified atom stereocenters. The van der Waals surface area contributed by atoms with Crippen LogP contribution in [-0.4, -0.2) is 17.5 Å². The zero-order valence-corrected chi connectivity index (χ0v) is 17.7. The molecule has 1 N–H and O–H groups in total. The van der Waals surface area contributed by atoms with Crippen LogP contribution in [0.1, 0.15) is 38.2 Å². The summed E-state index contributed by atoms with van der Waals surface area (Å²) in [6, 6.07) is 28.7. The summed E-state index contributed by atoms with van der Waals surface area (Å²) in [4.78, 5) is 27.1. The summed E-state index contributed by atoms with van der Waals surface area (Å²) in [5.41, 5.74) is 5.98. The van der Waals surface area contributed by atoms with Crippen molar-refractivity contribution in [2.24, 2.45) is 5.10 Å². The van der Waals surface area contributed by atoms with Gasteiger partial charge in [-0.05, 0) is 36.2 Å². The average Bonchev–Trinajstić information content (AvgIpc) is 2.82. The fourth-order valence-electron chi connectivity index (χ4n) is 3.24. The van der Waals surface area contributed by atoms with Gasteiger partial charge in [0.1, 0.15) is 0 Å². The molecule has 0 saturated heterocycles. The summed E-state index contributed by atoms with van der Waals surface area (Å²) < 4.78 is 0. The lowest BCUT2D eigenvalue weighted by atomic mass is 10.1. The van der Waals surface area contributed by atoms with Gasteiger partial charge in [-0.1, -0.05) is 80.1 Å². The van der Waals surface area contributed by atoms with Crippen LogP contribution in [0.4, 0.5) is 11.4 Å². The quantitative estimate of drug-likeness (QED) is 0.374. The lowest BCUT2D eigenvalue weighted by Gasteiger charge is -2.23. The molecule has 0 spiro atoms. The minimum atomic E-state index is -0.279. The predicted molar refractivity (Wildman–Crippen MR) is 125 cm³/mol. The molecule has 0 bridgehead atoms. The predicted octanol–water partition coefficient (Wildman–Crippen LogP) is 5.45. The molecule has 2 amide bonds. The van der Waals surface area contributed by atoms with Crippen LogP contribution in [0.2, 0.25) is 0 Å². The van der Waals surface area contributed by atoms with E-state index in [1.807, 2.05) is 91.0 Å². The molecule has 0 heterocycles. The second kappa shape index (κ2) is 11.5. The fourth-order valence-corrected chi connectivity index (χ4v) is 3.24. The van der Waals surface area contributed by atoms with Crippen molar-refractivity contribution in [2.45, 2.75) is 32.6 Å². The zero-order chi connectivity index (χ0) is 21.9. The first kappa shape index (κ1) is 22.0. The van der Waals surface area contributed by atoms with Crippen LogP contribution in [0.3, 0.4) is 0 Å². The van der Waals surface area contributed by atoms with E-state index in [4.69, 9.17) is 0 Å². The average molecular weight is 414 g/mol. The van der Waals surface area contributed by atoms with E-state index in [0.29, 0.717) is 0 Å². The van der Waals surface area contributed by atoms with Crippen molar-refractivity contribution in [1.29, 1.82) is 0 Å². The van der Waals surface area contributed by atoms with E-state index in [-0.39, 0.29) is 24.7 Å². The molecule has 3 aromatic rings. The highest BCUT2D eigenvalue weighted by Gasteiger charge is 2.18. The highest BCUT2D eigenvalue weighted by Crippen LogP contribution is 2.26. The van der Waals surface area contributed by atoms with Gasteiger partial charge in [0.05, 0.1) is 5.71 Å². The zero-order valence-electron chi connectivity index (χ0n) is 17.7. The number of hydrogen-bond acceptors (Lipinski definition) is 3. The maximum absolute atomic E-state index is 13.0. The molecule has 0 atom stereocenters. The van der Waals surface area contributed by atoms with E-state index >= 15 is 0 Å². The summed E-state index contributed by atoms with van der Waals surface area (Å²) in [5, 5.41) is 4.31. The van der Waals surface area contributed by atoms with Gasteiger partial charge < -0.3 is 0 Å². The molecular weight excluding hydrogens is 386 g/mol. The lowest BCUT2D eigenvalue weighted by molar-refractivity contribution is -0.124. The van der Waals surface area contributed by atoms with Crippen LogP contribution >= 0.6 is 0 Å². The number of carbonyl (C=O) groups excluding carboxylic acids is 2. The Morgan fingerprint density at radius 1 is 0.742 bits per heavy atom. The van der Waals surface area contributed by atoms with Crippen LogP contribution in [0.25, 0.3) is 0 Å². The fraction of sp³-hybridized carbons (Fsp3) is 0.192. The number of anilines is 2. The van der Waals surface area contributed by atoms with Crippen molar-refractivity contribution >= 4 is 28.9 Å². The number of hydrazone groups is 1. The lowest BCUT2D eigenvalue weighted by Crippen LogP contribution is -2.28. The number of carbonyl (C=O) groups is 2. The van der Waals surface area contributed by atoms with Gasteiger partial charge in [-0.3, -0.25) is 14.5 Å². The number of nitrogens with one attached hydrogen (secondary N) is 1. The van der Waals surface area contributed by atoms with Crippen LogP contribution < -0.4 is 10.3 Å². The Morgan fingerprint density at radius 2 is 1.26 bits per heavy atom. The van der Waals surface area contributed by atoms with Gasteiger partial charge in [0.15, 0.2) is 0 Å². The highest BCUT2D eigenvalue weighted by molar-refractivity contribution is 6.02. The van der Waals surface area contributed by atoms with Crippen LogP contribution in [0.5, 0.6) is 0 Å². The first-order valence-corrected chi connectivity index (χ1v) is 10.5. The first-order valence-electron chi connectivity index (χ1n) is 10.5. The number of hydrogen-bond donors (Lipinski definition) is 1. The molecule has 5 heteroatoms. The molecule has 0 radical (unpaired) electrons. The summed E-state index contributed by atoms with van der Waals surface area (Å²) in [6.07, 6.45) is 1.83. The molecule has 0 aliphatic carbocycles. The van der Waals surface area contributed by atoms with E-state index in [9.17, 15) is 9.59 Å². The maximum atomic E-state index is 13.0. The first-order chi connectivity index (χ1) is 15.2.